The van der Waals surface area contributed by atoms with Crippen LogP contribution in [0.5, 0.6) is 0 Å². The third kappa shape index (κ3) is 4.61. The summed E-state index contributed by atoms with van der Waals surface area (Å²) in [4.78, 5) is 47.8. The zero-order valence-corrected chi connectivity index (χ0v) is 23.7. The number of hydrogen-bond acceptors (Lipinski definition) is 5. The monoisotopic (exact) mass is 537 g/mol. The molecule has 0 saturated carbocycles. The Balaban J connectivity index is 1.87. The first-order valence-electron chi connectivity index (χ1n) is 14.1. The number of aliphatic hydroxyl groups is 1. The van der Waals surface area contributed by atoms with Crippen molar-refractivity contribution in [2.75, 3.05) is 26.7 Å². The molecule has 3 saturated heterocycles. The van der Waals surface area contributed by atoms with Crippen molar-refractivity contribution in [3.05, 3.63) is 61.2 Å². The van der Waals surface area contributed by atoms with Gasteiger partial charge in [-0.05, 0) is 38.7 Å². The molecule has 4 rings (SSSR count). The number of carbonyl (C=O) groups is 3. The molecule has 1 aromatic rings. The van der Waals surface area contributed by atoms with E-state index in [9.17, 15) is 19.5 Å². The molecule has 8 heteroatoms. The number of likely N-dealkylation sites (N-methyl/N-ethyl adjacent to an activating group) is 1. The summed E-state index contributed by atoms with van der Waals surface area (Å²) in [6.45, 7) is 13.9. The average Bonchev–Trinajstić information content (AvgIpc) is 3.49. The van der Waals surface area contributed by atoms with Gasteiger partial charge in [0.25, 0.3) is 0 Å². The number of amides is 3. The standard InChI is InChI=1S/C31H43N3O5/c1-7-13-21(4)33(19-9-3)29(38)26-31-17-16-30(5,39-31)24(27(36)32(6)18-8-2)25(31)28(37)34(26)23(20-35)22-14-11-10-12-15-22/h8-12,14-15,21,23-26,35H,2-3,7,13,16-20H2,1,4-6H3/t21?,23-,24+,25+,26?,30-,31?/m1/s1. The average molecular weight is 538 g/mol. The van der Waals surface area contributed by atoms with E-state index in [1.165, 1.54) is 4.90 Å². The van der Waals surface area contributed by atoms with E-state index in [2.05, 4.69) is 20.1 Å². The summed E-state index contributed by atoms with van der Waals surface area (Å²) in [6.07, 6.45) is 6.09. The van der Waals surface area contributed by atoms with Gasteiger partial charge in [0.1, 0.15) is 11.6 Å². The summed E-state index contributed by atoms with van der Waals surface area (Å²) >= 11 is 0. The minimum atomic E-state index is -1.16. The fourth-order valence-electron chi connectivity index (χ4n) is 7.26. The Labute approximate surface area is 232 Å². The first-order valence-corrected chi connectivity index (χ1v) is 14.1. The summed E-state index contributed by atoms with van der Waals surface area (Å²) in [5.41, 5.74) is -1.30. The molecule has 212 valence electrons. The smallest absolute Gasteiger partial charge is 0.248 e. The quantitative estimate of drug-likeness (QED) is 0.413. The highest BCUT2D eigenvalue weighted by molar-refractivity contribution is 5.99. The lowest BCUT2D eigenvalue weighted by Crippen LogP contribution is -2.58. The topological polar surface area (TPSA) is 90.4 Å². The highest BCUT2D eigenvalue weighted by Crippen LogP contribution is 2.64. The van der Waals surface area contributed by atoms with Crippen LogP contribution < -0.4 is 0 Å². The predicted molar refractivity (Wildman–Crippen MR) is 149 cm³/mol. The number of likely N-dealkylation sites (tertiary alicyclic amines) is 1. The molecule has 7 atom stereocenters. The van der Waals surface area contributed by atoms with Crippen molar-refractivity contribution in [2.24, 2.45) is 11.8 Å². The van der Waals surface area contributed by atoms with Gasteiger partial charge in [-0.3, -0.25) is 14.4 Å². The van der Waals surface area contributed by atoms with Gasteiger partial charge >= 0.3 is 0 Å². The van der Waals surface area contributed by atoms with Gasteiger partial charge in [-0.2, -0.15) is 0 Å². The lowest BCUT2D eigenvalue weighted by atomic mass is 9.66. The van der Waals surface area contributed by atoms with Crippen molar-refractivity contribution < 1.29 is 24.2 Å². The summed E-state index contributed by atoms with van der Waals surface area (Å²) in [6, 6.07) is 7.46. The summed E-state index contributed by atoms with van der Waals surface area (Å²) in [5.74, 6) is -2.28. The lowest BCUT2D eigenvalue weighted by Gasteiger charge is -2.41. The lowest BCUT2D eigenvalue weighted by molar-refractivity contribution is -0.157. The summed E-state index contributed by atoms with van der Waals surface area (Å²) in [7, 11) is 1.70. The van der Waals surface area contributed by atoms with E-state index in [0.717, 1.165) is 18.4 Å². The van der Waals surface area contributed by atoms with Crippen molar-refractivity contribution in [2.45, 2.75) is 75.8 Å². The molecule has 3 aliphatic heterocycles. The number of nitrogens with zero attached hydrogens (tertiary/aromatic N) is 3. The minimum absolute atomic E-state index is 0.0810. The van der Waals surface area contributed by atoms with Crippen LogP contribution in [0.15, 0.2) is 55.6 Å². The Hall–Kier alpha value is -2.97. The van der Waals surface area contributed by atoms with Crippen LogP contribution in [0.1, 0.15) is 58.1 Å². The molecule has 3 aliphatic rings. The van der Waals surface area contributed by atoms with Gasteiger partial charge in [-0.25, -0.2) is 0 Å². The van der Waals surface area contributed by atoms with Crippen LogP contribution in [0, 0.1) is 11.8 Å². The Kier molecular flexibility index (Phi) is 8.38. The fraction of sp³-hybridized carbons (Fsp3) is 0.581. The number of aliphatic hydroxyl groups excluding tert-OH is 1. The van der Waals surface area contributed by atoms with Gasteiger partial charge in [-0.15, -0.1) is 13.2 Å². The first-order chi connectivity index (χ1) is 18.6. The second-order valence-electron chi connectivity index (χ2n) is 11.5. The molecule has 3 heterocycles. The van der Waals surface area contributed by atoms with Crippen LogP contribution in [-0.2, 0) is 19.1 Å². The number of hydrogen-bond donors (Lipinski definition) is 1. The van der Waals surface area contributed by atoms with E-state index in [1.807, 2.05) is 44.2 Å². The molecular formula is C31H43N3O5. The van der Waals surface area contributed by atoms with Gasteiger partial charge in [0.2, 0.25) is 17.7 Å². The Morgan fingerprint density at radius 2 is 1.85 bits per heavy atom. The molecule has 8 nitrogen and oxygen atoms in total. The SMILES string of the molecule is C=CCN(C)C(=O)[C@@H]1[C@H]2C(=O)N([C@H](CO)c3ccccc3)C(C(=O)N(CC=C)C(C)CCC)C23CC[C@@]1(C)O3. The molecule has 1 N–H and O–H groups in total. The van der Waals surface area contributed by atoms with E-state index < -0.39 is 35.1 Å². The van der Waals surface area contributed by atoms with Gasteiger partial charge in [0, 0.05) is 26.2 Å². The largest absolute Gasteiger partial charge is 0.394 e. The van der Waals surface area contributed by atoms with Crippen molar-refractivity contribution in [1.82, 2.24) is 14.7 Å². The van der Waals surface area contributed by atoms with E-state index >= 15 is 0 Å². The Morgan fingerprint density at radius 1 is 1.18 bits per heavy atom. The maximum atomic E-state index is 14.6. The number of fused-ring (bicyclic) bond motifs is 1. The normalized spacial score (nSPS) is 30.5. The number of carbonyl (C=O) groups excluding carboxylic acids is 3. The summed E-state index contributed by atoms with van der Waals surface area (Å²) in [5, 5.41) is 10.6. The molecule has 0 aliphatic carbocycles. The zero-order chi connectivity index (χ0) is 28.5. The third-order valence-electron chi connectivity index (χ3n) is 9.03. The molecule has 3 amide bonds. The van der Waals surface area contributed by atoms with Crippen molar-refractivity contribution in [1.29, 1.82) is 0 Å². The summed E-state index contributed by atoms with van der Waals surface area (Å²) < 4.78 is 6.78. The van der Waals surface area contributed by atoms with Gasteiger partial charge < -0.3 is 24.5 Å². The highest BCUT2D eigenvalue weighted by atomic mass is 16.5. The van der Waals surface area contributed by atoms with Crippen molar-refractivity contribution >= 4 is 17.7 Å². The molecule has 39 heavy (non-hydrogen) atoms. The molecule has 3 fully saturated rings. The van der Waals surface area contributed by atoms with Gasteiger partial charge in [-0.1, -0.05) is 55.8 Å². The number of benzene rings is 1. The maximum absolute atomic E-state index is 14.6. The maximum Gasteiger partial charge on any atom is 0.248 e. The van der Waals surface area contributed by atoms with Gasteiger partial charge in [0.05, 0.1) is 30.1 Å². The second-order valence-corrected chi connectivity index (χ2v) is 11.5. The van der Waals surface area contributed by atoms with Crippen LogP contribution in [0.4, 0.5) is 0 Å². The van der Waals surface area contributed by atoms with E-state index in [4.69, 9.17) is 4.74 Å². The molecule has 0 aromatic heterocycles. The highest BCUT2D eigenvalue weighted by Gasteiger charge is 2.79. The second kappa shape index (κ2) is 11.3. The minimum Gasteiger partial charge on any atom is -0.394 e. The van der Waals surface area contributed by atoms with Gasteiger partial charge in [0.15, 0.2) is 0 Å². The number of ether oxygens (including phenoxy) is 1. The van der Waals surface area contributed by atoms with E-state index in [0.29, 0.717) is 25.9 Å². The predicted octanol–water partition coefficient (Wildman–Crippen LogP) is 3.33. The van der Waals surface area contributed by atoms with Crippen LogP contribution in [0.3, 0.4) is 0 Å². The number of rotatable bonds is 12. The molecular weight excluding hydrogens is 494 g/mol. The van der Waals surface area contributed by atoms with E-state index in [-0.39, 0.29) is 30.4 Å². The molecule has 1 spiro atoms. The van der Waals surface area contributed by atoms with Crippen molar-refractivity contribution in [3.63, 3.8) is 0 Å². The van der Waals surface area contributed by atoms with Crippen LogP contribution in [-0.4, -0.2) is 87.6 Å². The van der Waals surface area contributed by atoms with E-state index in [1.54, 1.807) is 29.0 Å². The van der Waals surface area contributed by atoms with Crippen LogP contribution >= 0.6 is 0 Å². The molecule has 3 unspecified atom stereocenters. The van der Waals surface area contributed by atoms with Crippen LogP contribution in [0.25, 0.3) is 0 Å². The molecule has 1 aromatic carbocycles. The molecule has 0 radical (unpaired) electrons. The third-order valence-corrected chi connectivity index (χ3v) is 9.03. The van der Waals surface area contributed by atoms with Crippen LogP contribution in [0.2, 0.25) is 0 Å². The Morgan fingerprint density at radius 3 is 2.44 bits per heavy atom. The van der Waals surface area contributed by atoms with Crippen molar-refractivity contribution in [3.8, 4) is 0 Å². The Bertz CT molecular complexity index is 1110. The first kappa shape index (κ1) is 29.0. The fourth-order valence-corrected chi connectivity index (χ4v) is 7.26. The zero-order valence-electron chi connectivity index (χ0n) is 23.7. The molecule has 2 bridgehead atoms.